The lowest BCUT2D eigenvalue weighted by Crippen LogP contribution is -2.46. The second kappa shape index (κ2) is 9.30. The van der Waals surface area contributed by atoms with E-state index in [0.29, 0.717) is 5.92 Å². The molecule has 128 valence electrons. The molecule has 2 N–H and O–H groups in total. The van der Waals surface area contributed by atoms with Crippen molar-refractivity contribution in [2.75, 3.05) is 7.11 Å². The minimum absolute atomic E-state index is 0.0315. The molecule has 0 aliphatic rings. The monoisotopic (exact) mass is 320 g/mol. The summed E-state index contributed by atoms with van der Waals surface area (Å²) in [7, 11) is 1.23. The van der Waals surface area contributed by atoms with Crippen LogP contribution in [0.25, 0.3) is 0 Å². The summed E-state index contributed by atoms with van der Waals surface area (Å²) in [6, 6.07) is 8.01. The lowest BCUT2D eigenvalue weighted by Gasteiger charge is -2.26. The van der Waals surface area contributed by atoms with Crippen LogP contribution in [0.2, 0.25) is 0 Å². The highest BCUT2D eigenvalue weighted by molar-refractivity contribution is 5.94. The predicted octanol–water partition coefficient (Wildman–Crippen LogP) is 3.20. The topological polar surface area (TPSA) is 67.4 Å². The summed E-state index contributed by atoms with van der Waals surface area (Å²) < 4.78 is 4.45. The van der Waals surface area contributed by atoms with Gasteiger partial charge in [-0.2, -0.15) is 0 Å². The van der Waals surface area contributed by atoms with Gasteiger partial charge in [0.1, 0.15) is 0 Å². The number of hydrogen-bond acceptors (Lipinski definition) is 4. The maximum Gasteiger partial charge on any atom is 0.413 e. The van der Waals surface area contributed by atoms with E-state index in [4.69, 9.17) is 0 Å². The molecule has 23 heavy (non-hydrogen) atoms. The van der Waals surface area contributed by atoms with E-state index in [1.165, 1.54) is 12.7 Å². The zero-order valence-corrected chi connectivity index (χ0v) is 14.7. The van der Waals surface area contributed by atoms with Gasteiger partial charge >= 0.3 is 6.09 Å². The second-order valence-corrected chi connectivity index (χ2v) is 6.08. The number of alkyl carbamates (subject to hydrolysis) is 1. The molecule has 0 saturated heterocycles. The number of imide groups is 1. The number of rotatable bonds is 7. The molecule has 0 aliphatic carbocycles. The molecular formula is C18H28N2O3. The Balaban J connectivity index is 2.78. The van der Waals surface area contributed by atoms with Crippen LogP contribution in [0.4, 0.5) is 4.79 Å². The van der Waals surface area contributed by atoms with Crippen molar-refractivity contribution in [2.24, 2.45) is 5.92 Å². The summed E-state index contributed by atoms with van der Waals surface area (Å²) in [5.74, 6) is -0.0921. The first kappa shape index (κ1) is 19.2. The third-order valence-corrected chi connectivity index (χ3v) is 3.78. The van der Waals surface area contributed by atoms with Crippen LogP contribution in [0.1, 0.15) is 51.3 Å². The Bertz CT molecular complexity index is 512. The average molecular weight is 320 g/mol. The number of aryl methyl sites for hydroxylation is 1. The van der Waals surface area contributed by atoms with Gasteiger partial charge in [0, 0.05) is 6.04 Å². The minimum atomic E-state index is -0.742. The van der Waals surface area contributed by atoms with Gasteiger partial charge in [-0.1, -0.05) is 51.5 Å². The van der Waals surface area contributed by atoms with E-state index in [0.717, 1.165) is 18.4 Å². The molecule has 1 rings (SSSR count). The van der Waals surface area contributed by atoms with Crippen LogP contribution < -0.4 is 10.6 Å². The van der Waals surface area contributed by atoms with Crippen LogP contribution in [0, 0.1) is 5.92 Å². The summed E-state index contributed by atoms with van der Waals surface area (Å²) in [6.07, 6.45) is 1.45. The Labute approximate surface area is 138 Å². The fraction of sp³-hybridized carbons (Fsp3) is 0.556. The van der Waals surface area contributed by atoms with E-state index in [1.54, 1.807) is 6.92 Å². The molecule has 2 amide bonds. The highest BCUT2D eigenvalue weighted by atomic mass is 16.5. The summed E-state index contributed by atoms with van der Waals surface area (Å²) in [4.78, 5) is 23.1. The quantitative estimate of drug-likeness (QED) is 0.809. The third-order valence-electron chi connectivity index (χ3n) is 3.78. The molecule has 2 atom stereocenters. The van der Waals surface area contributed by atoms with Gasteiger partial charge in [-0.3, -0.25) is 15.4 Å². The minimum Gasteiger partial charge on any atom is -0.453 e. The predicted molar refractivity (Wildman–Crippen MR) is 91.2 cm³/mol. The lowest BCUT2D eigenvalue weighted by molar-refractivity contribution is -0.122. The van der Waals surface area contributed by atoms with Crippen LogP contribution in [0.3, 0.4) is 0 Å². The molecule has 5 nitrogen and oxygen atoms in total. The molecule has 0 radical (unpaired) electrons. The molecule has 5 heteroatoms. The van der Waals surface area contributed by atoms with Gasteiger partial charge in [0.2, 0.25) is 5.91 Å². The van der Waals surface area contributed by atoms with Gasteiger partial charge in [-0.05, 0) is 30.4 Å². The number of benzene rings is 1. The molecule has 0 unspecified atom stereocenters. The summed E-state index contributed by atoms with van der Waals surface area (Å²) in [6.45, 7) is 8.10. The van der Waals surface area contributed by atoms with Gasteiger partial charge in [0.05, 0.1) is 13.2 Å². The standard InChI is InChI=1S/C18H28N2O3/c1-6-7-14-8-10-15(11-9-14)16(12(2)3)19-13(4)17(21)20-18(22)23-5/h8-13,16,19H,6-7H2,1-5H3,(H,20,21,22)/t13-,16-/m1/s1. The lowest BCUT2D eigenvalue weighted by atomic mass is 9.94. The molecule has 0 aliphatic heterocycles. The third kappa shape index (κ3) is 6.02. The highest BCUT2D eigenvalue weighted by Crippen LogP contribution is 2.23. The number of carbonyl (C=O) groups is 2. The van der Waals surface area contributed by atoms with Crippen LogP contribution >= 0.6 is 0 Å². The van der Waals surface area contributed by atoms with Crippen molar-refractivity contribution in [3.05, 3.63) is 35.4 Å². The number of hydrogen-bond donors (Lipinski definition) is 2. The Morgan fingerprint density at radius 2 is 1.74 bits per heavy atom. The number of nitrogens with one attached hydrogen (secondary N) is 2. The van der Waals surface area contributed by atoms with Crippen LogP contribution in [-0.2, 0) is 16.0 Å². The van der Waals surface area contributed by atoms with Gasteiger partial charge in [0.25, 0.3) is 0 Å². The fourth-order valence-corrected chi connectivity index (χ4v) is 2.46. The molecular weight excluding hydrogens is 292 g/mol. The fourth-order valence-electron chi connectivity index (χ4n) is 2.46. The Hall–Kier alpha value is -1.88. The average Bonchev–Trinajstić information content (AvgIpc) is 2.53. The molecule has 0 bridgehead atoms. The Morgan fingerprint density at radius 1 is 1.13 bits per heavy atom. The number of carbonyl (C=O) groups excluding carboxylic acids is 2. The zero-order valence-electron chi connectivity index (χ0n) is 14.7. The number of amides is 2. The van der Waals surface area contributed by atoms with E-state index in [-0.39, 0.29) is 6.04 Å². The number of ether oxygens (including phenoxy) is 1. The smallest absolute Gasteiger partial charge is 0.413 e. The van der Waals surface area contributed by atoms with E-state index in [1.807, 2.05) is 0 Å². The van der Waals surface area contributed by atoms with Crippen molar-refractivity contribution < 1.29 is 14.3 Å². The normalized spacial score (nSPS) is 13.5. The molecule has 0 spiro atoms. The van der Waals surface area contributed by atoms with E-state index < -0.39 is 18.0 Å². The van der Waals surface area contributed by atoms with E-state index in [9.17, 15) is 9.59 Å². The van der Waals surface area contributed by atoms with Crippen molar-refractivity contribution in [3.63, 3.8) is 0 Å². The Morgan fingerprint density at radius 3 is 2.22 bits per heavy atom. The van der Waals surface area contributed by atoms with Gasteiger partial charge < -0.3 is 4.74 Å². The van der Waals surface area contributed by atoms with Crippen LogP contribution in [0.15, 0.2) is 24.3 Å². The molecule has 0 aromatic heterocycles. The van der Waals surface area contributed by atoms with Crippen LogP contribution in [0.5, 0.6) is 0 Å². The van der Waals surface area contributed by atoms with E-state index >= 15 is 0 Å². The molecule has 0 heterocycles. The van der Waals surface area contributed by atoms with Crippen molar-refractivity contribution in [3.8, 4) is 0 Å². The summed E-state index contributed by atoms with van der Waals surface area (Å²) in [5, 5.41) is 5.48. The SMILES string of the molecule is CCCc1ccc([C@H](N[C@H](C)C(=O)NC(=O)OC)C(C)C)cc1. The largest absolute Gasteiger partial charge is 0.453 e. The zero-order chi connectivity index (χ0) is 17.4. The van der Waals surface area contributed by atoms with Gasteiger partial charge in [0.15, 0.2) is 0 Å². The van der Waals surface area contributed by atoms with Gasteiger partial charge in [-0.15, -0.1) is 0 Å². The van der Waals surface area contributed by atoms with Crippen molar-refractivity contribution in [2.45, 2.75) is 52.6 Å². The maximum atomic E-state index is 12.0. The number of methoxy groups -OCH3 is 1. The summed E-state index contributed by atoms with van der Waals surface area (Å²) >= 11 is 0. The van der Waals surface area contributed by atoms with Crippen LogP contribution in [-0.4, -0.2) is 25.2 Å². The van der Waals surface area contributed by atoms with Crippen molar-refractivity contribution in [1.82, 2.24) is 10.6 Å². The molecule has 0 fully saturated rings. The first-order valence-corrected chi connectivity index (χ1v) is 8.12. The molecule has 0 saturated carbocycles. The van der Waals surface area contributed by atoms with Crippen molar-refractivity contribution >= 4 is 12.0 Å². The van der Waals surface area contributed by atoms with Crippen molar-refractivity contribution in [1.29, 1.82) is 0 Å². The van der Waals surface area contributed by atoms with E-state index in [2.05, 4.69) is 60.4 Å². The first-order valence-electron chi connectivity index (χ1n) is 8.12. The summed E-state index contributed by atoms with van der Waals surface area (Å²) in [5.41, 5.74) is 2.45. The maximum absolute atomic E-state index is 12.0. The second-order valence-electron chi connectivity index (χ2n) is 6.08. The molecule has 1 aromatic carbocycles. The van der Waals surface area contributed by atoms with Gasteiger partial charge in [-0.25, -0.2) is 4.79 Å². The molecule has 1 aromatic rings. The highest BCUT2D eigenvalue weighted by Gasteiger charge is 2.23. The Kier molecular flexibility index (Phi) is 7.75. The first-order chi connectivity index (χ1) is 10.9.